The fourth-order valence-electron chi connectivity index (χ4n) is 1.79. The van der Waals surface area contributed by atoms with Gasteiger partial charge in [0.15, 0.2) is 0 Å². The lowest BCUT2D eigenvalue weighted by Gasteiger charge is -2.09. The third-order valence-electron chi connectivity index (χ3n) is 3.02. The number of nitrogens with one attached hydrogen (secondary N) is 1. The van der Waals surface area contributed by atoms with Crippen LogP contribution in [0.15, 0.2) is 47.6 Å². The van der Waals surface area contributed by atoms with Crippen LogP contribution in [-0.2, 0) is 10.9 Å². The Bertz CT molecular complexity index is 759. The molecule has 0 bridgehead atoms. The molecular formula is C16H12ClF3N2O2. The number of carbonyl (C=O) groups is 1. The Balaban J connectivity index is 2.10. The summed E-state index contributed by atoms with van der Waals surface area (Å²) >= 11 is 5.84. The van der Waals surface area contributed by atoms with E-state index in [1.807, 2.05) is 0 Å². The van der Waals surface area contributed by atoms with E-state index in [0.29, 0.717) is 11.1 Å². The van der Waals surface area contributed by atoms with Crippen molar-refractivity contribution >= 4 is 29.5 Å². The first-order valence-corrected chi connectivity index (χ1v) is 7.03. The largest absolute Gasteiger partial charge is 0.465 e. The Kier molecular flexibility index (Phi) is 5.46. The van der Waals surface area contributed by atoms with E-state index >= 15 is 0 Å². The molecule has 0 heterocycles. The zero-order valence-corrected chi connectivity index (χ0v) is 13.2. The van der Waals surface area contributed by atoms with Crippen LogP contribution in [0.4, 0.5) is 18.9 Å². The summed E-state index contributed by atoms with van der Waals surface area (Å²) < 4.78 is 42.6. The van der Waals surface area contributed by atoms with Gasteiger partial charge in [-0.2, -0.15) is 18.3 Å². The molecule has 0 fully saturated rings. The van der Waals surface area contributed by atoms with E-state index in [9.17, 15) is 18.0 Å². The summed E-state index contributed by atoms with van der Waals surface area (Å²) in [5, 5.41) is 3.96. The van der Waals surface area contributed by atoms with Gasteiger partial charge in [0.1, 0.15) is 0 Å². The molecule has 126 valence electrons. The van der Waals surface area contributed by atoms with E-state index in [0.717, 1.165) is 18.2 Å². The van der Waals surface area contributed by atoms with Crippen LogP contribution >= 0.6 is 11.6 Å². The summed E-state index contributed by atoms with van der Waals surface area (Å²) in [5.41, 5.74) is 2.69. The molecule has 2 aromatic rings. The fourth-order valence-corrected chi connectivity index (χ4v) is 1.95. The van der Waals surface area contributed by atoms with Gasteiger partial charge in [0.05, 0.1) is 35.2 Å². The van der Waals surface area contributed by atoms with Crippen LogP contribution in [0.3, 0.4) is 0 Å². The molecule has 0 saturated heterocycles. The minimum absolute atomic E-state index is 0.0360. The summed E-state index contributed by atoms with van der Waals surface area (Å²) in [6, 6.07) is 9.24. The Morgan fingerprint density at radius 1 is 1.21 bits per heavy atom. The summed E-state index contributed by atoms with van der Waals surface area (Å²) in [4.78, 5) is 11.3. The molecule has 0 saturated carbocycles. The number of hydrazone groups is 1. The average molecular weight is 357 g/mol. The first-order chi connectivity index (χ1) is 11.3. The lowest BCUT2D eigenvalue weighted by atomic mass is 10.1. The van der Waals surface area contributed by atoms with Gasteiger partial charge >= 0.3 is 12.1 Å². The zero-order valence-electron chi connectivity index (χ0n) is 12.4. The first kappa shape index (κ1) is 17.8. The molecule has 0 aliphatic carbocycles. The molecule has 0 aliphatic heterocycles. The van der Waals surface area contributed by atoms with Gasteiger partial charge in [-0.15, -0.1) is 0 Å². The Morgan fingerprint density at radius 3 is 2.46 bits per heavy atom. The third-order valence-corrected chi connectivity index (χ3v) is 3.35. The standard InChI is InChI=1S/C16H12ClF3N2O2/c1-24-15(23)11-4-2-10(3-5-11)9-21-22-14-8-12(16(18,19)20)6-7-13(14)17/h2-9,22H,1H3. The summed E-state index contributed by atoms with van der Waals surface area (Å²) in [5.74, 6) is -0.465. The number of hydrogen-bond donors (Lipinski definition) is 1. The van der Waals surface area contributed by atoms with E-state index in [-0.39, 0.29) is 10.7 Å². The fraction of sp³-hybridized carbons (Fsp3) is 0.125. The highest BCUT2D eigenvalue weighted by molar-refractivity contribution is 6.33. The number of anilines is 1. The number of nitrogens with zero attached hydrogens (tertiary/aromatic N) is 1. The van der Waals surface area contributed by atoms with Crippen molar-refractivity contribution in [2.45, 2.75) is 6.18 Å². The molecule has 0 aliphatic rings. The van der Waals surface area contributed by atoms with Gasteiger partial charge in [-0.3, -0.25) is 5.43 Å². The lowest BCUT2D eigenvalue weighted by Crippen LogP contribution is -2.05. The molecule has 4 nitrogen and oxygen atoms in total. The molecule has 2 aromatic carbocycles. The van der Waals surface area contributed by atoms with Crippen molar-refractivity contribution in [3.8, 4) is 0 Å². The minimum Gasteiger partial charge on any atom is -0.465 e. The smallest absolute Gasteiger partial charge is 0.416 e. The number of rotatable bonds is 4. The molecule has 0 atom stereocenters. The maximum atomic E-state index is 12.7. The van der Waals surface area contributed by atoms with Gasteiger partial charge in [-0.05, 0) is 35.9 Å². The molecule has 2 rings (SSSR count). The first-order valence-electron chi connectivity index (χ1n) is 6.65. The molecule has 24 heavy (non-hydrogen) atoms. The van der Waals surface area contributed by atoms with Crippen LogP contribution in [0, 0.1) is 0 Å². The summed E-state index contributed by atoms with van der Waals surface area (Å²) in [6.07, 6.45) is -3.08. The van der Waals surface area contributed by atoms with Crippen molar-refractivity contribution in [3.05, 3.63) is 64.2 Å². The minimum atomic E-state index is -4.46. The second kappa shape index (κ2) is 7.35. The van der Waals surface area contributed by atoms with Gasteiger partial charge < -0.3 is 4.74 Å². The number of esters is 1. The molecule has 0 aromatic heterocycles. The highest BCUT2D eigenvalue weighted by atomic mass is 35.5. The Morgan fingerprint density at radius 2 is 1.88 bits per heavy atom. The van der Waals surface area contributed by atoms with Gasteiger partial charge in [0, 0.05) is 0 Å². The number of carbonyl (C=O) groups excluding carboxylic acids is 1. The van der Waals surface area contributed by atoms with Crippen LogP contribution < -0.4 is 5.43 Å². The second-order valence-corrected chi connectivity index (χ2v) is 5.08. The highest BCUT2D eigenvalue weighted by Gasteiger charge is 2.30. The molecule has 0 radical (unpaired) electrons. The van der Waals surface area contributed by atoms with Crippen molar-refractivity contribution < 1.29 is 22.7 Å². The number of benzene rings is 2. The Labute approximate surface area is 140 Å². The van der Waals surface area contributed by atoms with E-state index in [2.05, 4.69) is 15.3 Å². The van der Waals surface area contributed by atoms with Crippen LogP contribution in [0.5, 0.6) is 0 Å². The van der Waals surface area contributed by atoms with Crippen LogP contribution in [0.2, 0.25) is 5.02 Å². The molecule has 8 heteroatoms. The quantitative estimate of drug-likeness (QED) is 0.495. The zero-order chi connectivity index (χ0) is 17.7. The van der Waals surface area contributed by atoms with Gasteiger partial charge in [-0.25, -0.2) is 4.79 Å². The lowest BCUT2D eigenvalue weighted by molar-refractivity contribution is -0.137. The molecule has 0 unspecified atom stereocenters. The molecule has 1 N–H and O–H groups in total. The van der Waals surface area contributed by atoms with Crippen molar-refractivity contribution in [1.82, 2.24) is 0 Å². The van der Waals surface area contributed by atoms with Crippen LogP contribution in [0.25, 0.3) is 0 Å². The van der Waals surface area contributed by atoms with Gasteiger partial charge in [0.2, 0.25) is 0 Å². The number of halogens is 4. The summed E-state index contributed by atoms with van der Waals surface area (Å²) in [7, 11) is 1.28. The maximum absolute atomic E-state index is 12.7. The third kappa shape index (κ3) is 4.48. The van der Waals surface area contributed by atoms with Gasteiger partial charge in [0.25, 0.3) is 0 Å². The SMILES string of the molecule is COC(=O)c1ccc(C=NNc2cc(C(F)(F)F)ccc2Cl)cc1. The van der Waals surface area contributed by atoms with Crippen LogP contribution in [-0.4, -0.2) is 19.3 Å². The Hall–Kier alpha value is -2.54. The monoisotopic (exact) mass is 356 g/mol. The average Bonchev–Trinajstić information content (AvgIpc) is 2.55. The number of hydrogen-bond acceptors (Lipinski definition) is 4. The summed E-state index contributed by atoms with van der Waals surface area (Å²) in [6.45, 7) is 0. The van der Waals surface area contributed by atoms with Crippen molar-refractivity contribution in [2.75, 3.05) is 12.5 Å². The van der Waals surface area contributed by atoms with Crippen molar-refractivity contribution in [3.63, 3.8) is 0 Å². The highest BCUT2D eigenvalue weighted by Crippen LogP contribution is 2.33. The molecule has 0 spiro atoms. The van der Waals surface area contributed by atoms with E-state index in [1.54, 1.807) is 24.3 Å². The van der Waals surface area contributed by atoms with Gasteiger partial charge in [-0.1, -0.05) is 23.7 Å². The molecule has 0 amide bonds. The topological polar surface area (TPSA) is 50.7 Å². The van der Waals surface area contributed by atoms with E-state index in [1.165, 1.54) is 13.3 Å². The number of ether oxygens (including phenoxy) is 1. The normalized spacial score (nSPS) is 11.5. The van der Waals surface area contributed by atoms with Crippen LogP contribution in [0.1, 0.15) is 21.5 Å². The van der Waals surface area contributed by atoms with E-state index in [4.69, 9.17) is 11.6 Å². The predicted octanol–water partition coefficient (Wildman–Crippen LogP) is 4.59. The van der Waals surface area contributed by atoms with E-state index < -0.39 is 17.7 Å². The van der Waals surface area contributed by atoms with Crippen molar-refractivity contribution in [2.24, 2.45) is 5.10 Å². The second-order valence-electron chi connectivity index (χ2n) is 4.68. The molecular weight excluding hydrogens is 345 g/mol. The number of methoxy groups -OCH3 is 1. The van der Waals surface area contributed by atoms with Crippen molar-refractivity contribution in [1.29, 1.82) is 0 Å². The maximum Gasteiger partial charge on any atom is 0.416 e. The predicted molar refractivity (Wildman–Crippen MR) is 85.5 cm³/mol. The number of alkyl halides is 3.